The summed E-state index contributed by atoms with van der Waals surface area (Å²) in [6.45, 7) is 0.544. The fourth-order valence-corrected chi connectivity index (χ4v) is 4.15. The first-order valence-electron chi connectivity index (χ1n) is 9.86. The second kappa shape index (κ2) is 9.21. The summed E-state index contributed by atoms with van der Waals surface area (Å²) in [5.41, 5.74) is 4.39. The molecule has 3 aromatic heterocycles. The smallest absolute Gasteiger partial charge is 0.276 e. The van der Waals surface area contributed by atoms with E-state index < -0.39 is 0 Å². The quantitative estimate of drug-likeness (QED) is 0.469. The normalized spacial score (nSPS) is 13.7. The predicted molar refractivity (Wildman–Crippen MR) is 109 cm³/mol. The van der Waals surface area contributed by atoms with Crippen molar-refractivity contribution < 1.29 is 9.21 Å². The van der Waals surface area contributed by atoms with Gasteiger partial charge in [0.1, 0.15) is 0 Å². The van der Waals surface area contributed by atoms with E-state index in [4.69, 9.17) is 4.42 Å². The first-order chi connectivity index (χ1) is 14.2. The van der Waals surface area contributed by atoms with Crippen molar-refractivity contribution in [2.24, 2.45) is 0 Å². The minimum Gasteiger partial charge on any atom is -0.411 e. The maximum absolute atomic E-state index is 12.5. The van der Waals surface area contributed by atoms with Crippen LogP contribution in [0.2, 0.25) is 0 Å². The summed E-state index contributed by atoms with van der Waals surface area (Å²) in [7, 11) is 1.83. The van der Waals surface area contributed by atoms with Crippen molar-refractivity contribution in [2.45, 2.75) is 50.3 Å². The number of H-pyrrole nitrogens is 1. The Hall–Kier alpha value is -2.68. The van der Waals surface area contributed by atoms with Gasteiger partial charge < -0.3 is 9.32 Å². The molecule has 0 aromatic carbocycles. The number of aromatic amines is 1. The number of pyridine rings is 1. The van der Waals surface area contributed by atoms with Crippen molar-refractivity contribution >= 4 is 17.7 Å². The van der Waals surface area contributed by atoms with Gasteiger partial charge >= 0.3 is 0 Å². The number of carbonyl (C=O) groups excluding carboxylic acids is 1. The molecule has 1 N–H and O–H groups in total. The molecular weight excluding hydrogens is 388 g/mol. The maximum atomic E-state index is 12.5. The number of aromatic nitrogens is 5. The first kappa shape index (κ1) is 19.6. The van der Waals surface area contributed by atoms with E-state index >= 15 is 0 Å². The molecule has 8 nitrogen and oxygen atoms in total. The van der Waals surface area contributed by atoms with Gasteiger partial charge in [-0.25, -0.2) is 0 Å². The summed E-state index contributed by atoms with van der Waals surface area (Å²) < 4.78 is 5.65. The Kier molecular flexibility index (Phi) is 6.24. The van der Waals surface area contributed by atoms with E-state index in [1.54, 1.807) is 17.3 Å². The molecule has 4 rings (SSSR count). The van der Waals surface area contributed by atoms with Crippen molar-refractivity contribution in [1.82, 2.24) is 30.3 Å². The summed E-state index contributed by atoms with van der Waals surface area (Å²) >= 11 is 1.39. The van der Waals surface area contributed by atoms with Gasteiger partial charge in [0.15, 0.2) is 0 Å². The Morgan fingerprint density at radius 3 is 2.90 bits per heavy atom. The van der Waals surface area contributed by atoms with E-state index in [0.29, 0.717) is 29.8 Å². The van der Waals surface area contributed by atoms with Crippen LogP contribution >= 0.6 is 11.8 Å². The average Bonchev–Trinajstić information content (AvgIpc) is 3.29. The van der Waals surface area contributed by atoms with Gasteiger partial charge in [0.2, 0.25) is 11.8 Å². The van der Waals surface area contributed by atoms with Crippen LogP contribution in [-0.4, -0.2) is 49.0 Å². The van der Waals surface area contributed by atoms with Crippen LogP contribution < -0.4 is 0 Å². The standard InChI is InChI=1S/C20H24N6O2S/c1-26(13-17-15-5-3-2-4-6-16(15)22-23-17)18(27)9-12-29-20-25-24-19(28-20)14-7-10-21-11-8-14/h7-8,10-11H,2-6,9,12-13H2,1H3,(H,22,23). The summed E-state index contributed by atoms with van der Waals surface area (Å²) in [6.07, 6.45) is 9.53. The van der Waals surface area contributed by atoms with Crippen LogP contribution in [0.25, 0.3) is 11.5 Å². The number of fused-ring (bicyclic) bond motifs is 1. The van der Waals surface area contributed by atoms with E-state index in [1.807, 2.05) is 19.2 Å². The lowest BCUT2D eigenvalue weighted by Crippen LogP contribution is -2.27. The molecule has 3 heterocycles. The van der Waals surface area contributed by atoms with Crippen LogP contribution in [0.4, 0.5) is 0 Å². The number of amides is 1. The van der Waals surface area contributed by atoms with Gasteiger partial charge in [-0.2, -0.15) is 5.10 Å². The van der Waals surface area contributed by atoms with E-state index in [1.165, 1.54) is 42.3 Å². The largest absolute Gasteiger partial charge is 0.411 e. The SMILES string of the molecule is CN(Cc1n[nH]c2c1CCCCC2)C(=O)CCSc1nnc(-c2ccncc2)o1. The predicted octanol–water partition coefficient (Wildman–Crippen LogP) is 3.26. The Morgan fingerprint density at radius 1 is 1.21 bits per heavy atom. The zero-order valence-electron chi connectivity index (χ0n) is 16.4. The highest BCUT2D eigenvalue weighted by atomic mass is 32.2. The van der Waals surface area contributed by atoms with Gasteiger partial charge in [-0.05, 0) is 43.4 Å². The van der Waals surface area contributed by atoms with Gasteiger partial charge in [0.25, 0.3) is 5.22 Å². The molecule has 1 aliphatic carbocycles. The van der Waals surface area contributed by atoms with Crippen LogP contribution in [-0.2, 0) is 24.2 Å². The lowest BCUT2D eigenvalue weighted by molar-refractivity contribution is -0.130. The van der Waals surface area contributed by atoms with Crippen molar-refractivity contribution in [2.75, 3.05) is 12.8 Å². The third-order valence-corrected chi connectivity index (χ3v) is 5.90. The third kappa shape index (κ3) is 4.84. The van der Waals surface area contributed by atoms with Crippen LogP contribution in [0, 0.1) is 0 Å². The highest BCUT2D eigenvalue weighted by Gasteiger charge is 2.19. The molecule has 0 saturated carbocycles. The topological polar surface area (TPSA) is 101 Å². The average molecular weight is 413 g/mol. The molecule has 0 unspecified atom stereocenters. The number of nitrogens with one attached hydrogen (secondary N) is 1. The Morgan fingerprint density at radius 2 is 2.03 bits per heavy atom. The minimum absolute atomic E-state index is 0.0803. The molecule has 0 fully saturated rings. The molecule has 0 bridgehead atoms. The molecule has 152 valence electrons. The number of rotatable bonds is 7. The maximum Gasteiger partial charge on any atom is 0.276 e. The van der Waals surface area contributed by atoms with Gasteiger partial charge in [0, 0.05) is 42.9 Å². The van der Waals surface area contributed by atoms with E-state index in [0.717, 1.165) is 24.1 Å². The van der Waals surface area contributed by atoms with E-state index in [9.17, 15) is 4.79 Å². The Balaban J connectivity index is 1.27. The highest BCUT2D eigenvalue weighted by Crippen LogP contribution is 2.24. The molecule has 0 spiro atoms. The zero-order chi connectivity index (χ0) is 20.1. The van der Waals surface area contributed by atoms with E-state index in [-0.39, 0.29) is 5.91 Å². The Labute approximate surface area is 173 Å². The summed E-state index contributed by atoms with van der Waals surface area (Å²) in [5.74, 6) is 1.12. The van der Waals surface area contributed by atoms with Crippen LogP contribution in [0.3, 0.4) is 0 Å². The van der Waals surface area contributed by atoms with Gasteiger partial charge in [-0.3, -0.25) is 14.9 Å². The third-order valence-electron chi connectivity index (χ3n) is 5.08. The fraction of sp³-hybridized carbons (Fsp3) is 0.450. The molecule has 3 aromatic rings. The molecule has 0 aliphatic heterocycles. The lowest BCUT2D eigenvalue weighted by atomic mass is 10.1. The van der Waals surface area contributed by atoms with Crippen molar-refractivity contribution in [3.8, 4) is 11.5 Å². The van der Waals surface area contributed by atoms with Crippen molar-refractivity contribution in [3.63, 3.8) is 0 Å². The molecule has 9 heteroatoms. The first-order valence-corrected chi connectivity index (χ1v) is 10.8. The number of carbonyl (C=O) groups is 1. The van der Waals surface area contributed by atoms with Crippen LogP contribution in [0.1, 0.15) is 42.6 Å². The lowest BCUT2D eigenvalue weighted by Gasteiger charge is -2.16. The second-order valence-electron chi connectivity index (χ2n) is 7.15. The number of nitrogens with zero attached hydrogens (tertiary/aromatic N) is 5. The van der Waals surface area contributed by atoms with E-state index in [2.05, 4.69) is 25.4 Å². The number of thioether (sulfide) groups is 1. The number of aryl methyl sites for hydroxylation is 1. The summed E-state index contributed by atoms with van der Waals surface area (Å²) in [4.78, 5) is 18.2. The molecule has 29 heavy (non-hydrogen) atoms. The van der Waals surface area contributed by atoms with Gasteiger partial charge in [-0.1, -0.05) is 18.2 Å². The van der Waals surface area contributed by atoms with Crippen molar-refractivity contribution in [3.05, 3.63) is 41.5 Å². The number of hydrogen-bond acceptors (Lipinski definition) is 7. The van der Waals surface area contributed by atoms with Crippen LogP contribution in [0.15, 0.2) is 34.2 Å². The molecule has 0 saturated heterocycles. The highest BCUT2D eigenvalue weighted by molar-refractivity contribution is 7.99. The minimum atomic E-state index is 0.0803. The summed E-state index contributed by atoms with van der Waals surface area (Å²) in [6, 6.07) is 3.63. The van der Waals surface area contributed by atoms with Gasteiger partial charge in [-0.15, -0.1) is 10.2 Å². The molecule has 1 aliphatic rings. The molecule has 0 atom stereocenters. The Bertz CT molecular complexity index is 955. The molecule has 1 amide bonds. The van der Waals surface area contributed by atoms with Crippen molar-refractivity contribution in [1.29, 1.82) is 0 Å². The second-order valence-corrected chi connectivity index (χ2v) is 8.19. The monoisotopic (exact) mass is 412 g/mol. The molecule has 0 radical (unpaired) electrons. The van der Waals surface area contributed by atoms with Gasteiger partial charge in [0.05, 0.1) is 12.2 Å². The fourth-order valence-electron chi connectivity index (χ4n) is 3.47. The van der Waals surface area contributed by atoms with Crippen LogP contribution in [0.5, 0.6) is 0 Å². The zero-order valence-corrected chi connectivity index (χ0v) is 17.2. The number of hydrogen-bond donors (Lipinski definition) is 1. The summed E-state index contributed by atoms with van der Waals surface area (Å²) in [5, 5.41) is 16.2. The molecular formula is C20H24N6O2S.